The number of carbonyl (C=O) groups is 1. The van der Waals surface area contributed by atoms with Crippen LogP contribution in [0.25, 0.3) is 5.82 Å². The lowest BCUT2D eigenvalue weighted by atomic mass is 10.3. The molecule has 0 aliphatic heterocycles. The number of aryl methyl sites for hydroxylation is 1. The number of hydrogen-bond acceptors (Lipinski definition) is 5. The summed E-state index contributed by atoms with van der Waals surface area (Å²) in [7, 11) is 0. The Hall–Kier alpha value is -2.44. The maximum Gasteiger partial charge on any atom is 0.251 e. The number of rotatable bonds is 4. The van der Waals surface area contributed by atoms with Crippen molar-refractivity contribution in [1.82, 2.24) is 19.7 Å². The molecule has 3 N–H and O–H groups in total. The minimum atomic E-state index is -0.512. The van der Waals surface area contributed by atoms with Crippen molar-refractivity contribution in [2.24, 2.45) is 5.73 Å². The molecule has 0 bridgehead atoms. The highest BCUT2D eigenvalue weighted by molar-refractivity contribution is 5.92. The van der Waals surface area contributed by atoms with Crippen LogP contribution < -0.4 is 11.1 Å². The highest BCUT2D eigenvalue weighted by Gasteiger charge is 2.13. The zero-order chi connectivity index (χ0) is 14.0. The van der Waals surface area contributed by atoms with Gasteiger partial charge in [0.25, 0.3) is 5.91 Å². The fourth-order valence-corrected chi connectivity index (χ4v) is 1.74. The molecule has 2 aromatic heterocycles. The summed E-state index contributed by atoms with van der Waals surface area (Å²) in [5.74, 6) is 1.52. The van der Waals surface area contributed by atoms with Gasteiger partial charge in [0.05, 0.1) is 11.8 Å². The number of hydrogen-bond donors (Lipinski definition) is 2. The number of amides is 1. The Labute approximate surface area is 110 Å². The largest absolute Gasteiger partial charge is 0.370 e. The highest BCUT2D eigenvalue weighted by atomic mass is 16.1. The number of nitrogens with two attached hydrogens (primary N) is 1. The Balaban J connectivity index is 2.51. The summed E-state index contributed by atoms with van der Waals surface area (Å²) < 4.78 is 1.53. The van der Waals surface area contributed by atoms with Crippen molar-refractivity contribution in [2.75, 3.05) is 11.9 Å². The smallest absolute Gasteiger partial charge is 0.251 e. The topological polar surface area (TPSA) is 98.7 Å². The Morgan fingerprint density at radius 3 is 2.74 bits per heavy atom. The van der Waals surface area contributed by atoms with Crippen LogP contribution in [0.1, 0.15) is 28.7 Å². The predicted octanol–water partition coefficient (Wildman–Crippen LogP) is 0.810. The van der Waals surface area contributed by atoms with E-state index in [-0.39, 0.29) is 0 Å². The van der Waals surface area contributed by atoms with E-state index >= 15 is 0 Å². The minimum Gasteiger partial charge on any atom is -0.370 e. The average molecular weight is 260 g/mol. The van der Waals surface area contributed by atoms with Gasteiger partial charge in [-0.05, 0) is 20.8 Å². The van der Waals surface area contributed by atoms with Gasteiger partial charge in [-0.1, -0.05) is 0 Å². The lowest BCUT2D eigenvalue weighted by molar-refractivity contribution is 0.100. The number of aromatic nitrogens is 4. The fraction of sp³-hybridized carbons (Fsp3) is 0.333. The van der Waals surface area contributed by atoms with Gasteiger partial charge in [-0.3, -0.25) is 4.79 Å². The molecular formula is C12H16N6O. The van der Waals surface area contributed by atoms with Gasteiger partial charge in [-0.25, -0.2) is 14.6 Å². The Morgan fingerprint density at radius 2 is 2.16 bits per heavy atom. The van der Waals surface area contributed by atoms with Crippen LogP contribution in [-0.4, -0.2) is 32.2 Å². The molecule has 0 spiro atoms. The van der Waals surface area contributed by atoms with Crippen LogP contribution in [-0.2, 0) is 0 Å². The number of carbonyl (C=O) groups excluding carboxylic acids is 1. The van der Waals surface area contributed by atoms with Gasteiger partial charge in [-0.15, -0.1) is 0 Å². The van der Waals surface area contributed by atoms with Gasteiger partial charge in [0, 0.05) is 18.3 Å². The van der Waals surface area contributed by atoms with Gasteiger partial charge in [0.15, 0.2) is 5.82 Å². The quantitative estimate of drug-likeness (QED) is 0.847. The molecular weight excluding hydrogens is 244 g/mol. The van der Waals surface area contributed by atoms with Crippen LogP contribution in [0.2, 0.25) is 0 Å². The zero-order valence-corrected chi connectivity index (χ0v) is 11.1. The van der Waals surface area contributed by atoms with Crippen molar-refractivity contribution >= 4 is 11.7 Å². The third kappa shape index (κ3) is 2.54. The van der Waals surface area contributed by atoms with E-state index in [1.54, 1.807) is 6.20 Å². The molecule has 0 aliphatic carbocycles. The maximum absolute atomic E-state index is 11.1. The van der Waals surface area contributed by atoms with E-state index < -0.39 is 5.91 Å². The van der Waals surface area contributed by atoms with Gasteiger partial charge >= 0.3 is 0 Å². The van der Waals surface area contributed by atoms with E-state index in [1.165, 1.54) is 10.9 Å². The van der Waals surface area contributed by atoms with Crippen molar-refractivity contribution in [3.63, 3.8) is 0 Å². The van der Waals surface area contributed by atoms with Crippen molar-refractivity contribution in [3.8, 4) is 5.82 Å². The first-order chi connectivity index (χ1) is 9.02. The van der Waals surface area contributed by atoms with E-state index in [0.717, 1.165) is 17.9 Å². The molecule has 100 valence electrons. The summed E-state index contributed by atoms with van der Waals surface area (Å²) in [4.78, 5) is 19.8. The molecule has 2 aromatic rings. The van der Waals surface area contributed by atoms with E-state index in [4.69, 9.17) is 5.73 Å². The summed E-state index contributed by atoms with van der Waals surface area (Å²) in [5.41, 5.74) is 6.43. The molecule has 0 atom stereocenters. The number of nitrogens with zero attached hydrogens (tertiary/aromatic N) is 4. The van der Waals surface area contributed by atoms with Crippen LogP contribution in [0.3, 0.4) is 0 Å². The fourth-order valence-electron chi connectivity index (χ4n) is 1.74. The molecule has 1 amide bonds. The molecule has 0 aliphatic rings. The zero-order valence-electron chi connectivity index (χ0n) is 11.1. The highest BCUT2D eigenvalue weighted by Crippen LogP contribution is 2.18. The van der Waals surface area contributed by atoms with Crippen LogP contribution in [0.5, 0.6) is 0 Å². The predicted molar refractivity (Wildman–Crippen MR) is 71.3 cm³/mol. The minimum absolute atomic E-state index is 0.348. The number of anilines is 1. The molecule has 19 heavy (non-hydrogen) atoms. The molecule has 0 radical (unpaired) electrons. The van der Waals surface area contributed by atoms with Crippen molar-refractivity contribution in [3.05, 3.63) is 29.3 Å². The summed E-state index contributed by atoms with van der Waals surface area (Å²) in [6.45, 7) is 6.47. The molecule has 7 nitrogen and oxygen atoms in total. The van der Waals surface area contributed by atoms with Crippen LogP contribution in [0.4, 0.5) is 5.82 Å². The Morgan fingerprint density at radius 1 is 1.42 bits per heavy atom. The summed E-state index contributed by atoms with van der Waals surface area (Å²) in [6, 6.07) is 0. The second-order valence-corrected chi connectivity index (χ2v) is 4.14. The van der Waals surface area contributed by atoms with Crippen LogP contribution in [0.15, 0.2) is 12.4 Å². The average Bonchev–Trinajstić information content (AvgIpc) is 2.83. The second-order valence-electron chi connectivity index (χ2n) is 4.14. The monoisotopic (exact) mass is 260 g/mol. The van der Waals surface area contributed by atoms with E-state index in [0.29, 0.717) is 17.2 Å². The lowest BCUT2D eigenvalue weighted by Gasteiger charge is -2.11. The van der Waals surface area contributed by atoms with Gasteiger partial charge < -0.3 is 11.1 Å². The van der Waals surface area contributed by atoms with Crippen LogP contribution >= 0.6 is 0 Å². The molecule has 0 fully saturated rings. The third-order valence-electron chi connectivity index (χ3n) is 2.66. The van der Waals surface area contributed by atoms with Gasteiger partial charge in [0.2, 0.25) is 0 Å². The molecule has 0 saturated carbocycles. The SMILES string of the molecule is CCNc1nc(C)nc(-n2cc(C(N)=O)cn2)c1C. The maximum atomic E-state index is 11.1. The second kappa shape index (κ2) is 5.05. The molecule has 0 saturated heterocycles. The molecule has 7 heteroatoms. The number of nitrogens with one attached hydrogen (secondary N) is 1. The Kier molecular flexibility index (Phi) is 3.46. The van der Waals surface area contributed by atoms with Crippen molar-refractivity contribution in [2.45, 2.75) is 20.8 Å². The molecule has 2 rings (SSSR count). The first-order valence-corrected chi connectivity index (χ1v) is 5.97. The summed E-state index contributed by atoms with van der Waals surface area (Å²) in [6.07, 6.45) is 2.99. The summed E-state index contributed by atoms with van der Waals surface area (Å²) in [5, 5.41) is 7.28. The molecule has 0 aromatic carbocycles. The van der Waals surface area contributed by atoms with Gasteiger partial charge in [0.1, 0.15) is 11.6 Å². The Bertz CT molecular complexity index is 619. The first kappa shape index (κ1) is 13.0. The normalized spacial score (nSPS) is 10.5. The van der Waals surface area contributed by atoms with Crippen molar-refractivity contribution in [1.29, 1.82) is 0 Å². The van der Waals surface area contributed by atoms with Crippen LogP contribution in [0, 0.1) is 13.8 Å². The van der Waals surface area contributed by atoms with Gasteiger partial charge in [-0.2, -0.15) is 5.10 Å². The van der Waals surface area contributed by atoms with E-state index in [1.807, 2.05) is 20.8 Å². The molecule has 2 heterocycles. The third-order valence-corrected chi connectivity index (χ3v) is 2.66. The lowest BCUT2D eigenvalue weighted by Crippen LogP contribution is -2.11. The summed E-state index contributed by atoms with van der Waals surface area (Å²) >= 11 is 0. The standard InChI is InChI=1S/C12H16N6O/c1-4-14-11-7(2)12(17-8(3)16-11)18-6-9(5-15-18)10(13)19/h5-6H,4H2,1-3H3,(H2,13,19)(H,14,16,17). The first-order valence-electron chi connectivity index (χ1n) is 5.97. The van der Waals surface area contributed by atoms with Crippen molar-refractivity contribution < 1.29 is 4.79 Å². The molecule has 0 unspecified atom stereocenters. The van der Waals surface area contributed by atoms with E-state index in [9.17, 15) is 4.79 Å². The van der Waals surface area contributed by atoms with E-state index in [2.05, 4.69) is 20.4 Å². The number of primary amides is 1.